The Hall–Kier alpha value is -0.455. The van der Waals surface area contributed by atoms with E-state index in [2.05, 4.69) is 61.7 Å². The van der Waals surface area contributed by atoms with Crippen LogP contribution in [0.3, 0.4) is 0 Å². The highest BCUT2D eigenvalue weighted by molar-refractivity contribution is 6.11. The summed E-state index contributed by atoms with van der Waals surface area (Å²) in [7, 11) is 2.31. The molecule has 0 bridgehead atoms. The third-order valence-electron chi connectivity index (χ3n) is 4.76. The van der Waals surface area contributed by atoms with Gasteiger partial charge in [-0.25, -0.2) is 0 Å². The van der Waals surface area contributed by atoms with Crippen molar-refractivity contribution >= 4 is 7.85 Å². The standard InChI is InChI=1S/C15H29B/c1-8-10-15(7,9-2)13(5)11(3)12(4)14(6)16/h8-9,11-14H,1-2,10,16H2,3-7H3. The van der Waals surface area contributed by atoms with Gasteiger partial charge >= 0.3 is 0 Å². The molecule has 0 saturated carbocycles. The van der Waals surface area contributed by atoms with E-state index in [0.717, 1.165) is 18.2 Å². The Morgan fingerprint density at radius 1 is 1.12 bits per heavy atom. The average molecular weight is 220 g/mol. The van der Waals surface area contributed by atoms with Crippen LogP contribution in [0.15, 0.2) is 25.3 Å². The minimum atomic E-state index is 0.185. The van der Waals surface area contributed by atoms with Gasteiger partial charge in [-0.1, -0.05) is 52.6 Å². The molecule has 92 valence electrons. The molecule has 0 nitrogen and oxygen atoms in total. The molecule has 0 heterocycles. The van der Waals surface area contributed by atoms with Crippen LogP contribution in [0.4, 0.5) is 0 Å². The first kappa shape index (κ1) is 15.5. The van der Waals surface area contributed by atoms with E-state index in [9.17, 15) is 0 Å². The Bertz CT molecular complexity index is 232. The van der Waals surface area contributed by atoms with E-state index in [1.165, 1.54) is 0 Å². The van der Waals surface area contributed by atoms with Gasteiger partial charge in [0.25, 0.3) is 0 Å². The van der Waals surface area contributed by atoms with E-state index in [0.29, 0.717) is 11.8 Å². The zero-order chi connectivity index (χ0) is 12.9. The lowest BCUT2D eigenvalue weighted by molar-refractivity contribution is 0.155. The Balaban J connectivity index is 4.80. The molecule has 16 heavy (non-hydrogen) atoms. The zero-order valence-electron chi connectivity index (χ0n) is 12.1. The first-order chi connectivity index (χ1) is 7.30. The second-order valence-electron chi connectivity index (χ2n) is 5.95. The van der Waals surface area contributed by atoms with Crippen molar-refractivity contribution in [2.75, 3.05) is 0 Å². The largest absolute Gasteiger partial charge is 0.105 e. The van der Waals surface area contributed by atoms with Crippen LogP contribution in [0.1, 0.15) is 41.0 Å². The van der Waals surface area contributed by atoms with Gasteiger partial charge in [-0.05, 0) is 29.6 Å². The molecule has 0 amide bonds. The monoisotopic (exact) mass is 220 g/mol. The molecule has 0 saturated heterocycles. The Morgan fingerprint density at radius 2 is 1.62 bits per heavy atom. The van der Waals surface area contributed by atoms with Crippen molar-refractivity contribution < 1.29 is 0 Å². The van der Waals surface area contributed by atoms with Crippen molar-refractivity contribution in [2.24, 2.45) is 23.2 Å². The zero-order valence-corrected chi connectivity index (χ0v) is 12.1. The number of hydrogen-bond donors (Lipinski definition) is 0. The van der Waals surface area contributed by atoms with E-state index in [-0.39, 0.29) is 5.41 Å². The smallest absolute Gasteiger partial charge is 0.103 e. The number of hydrogen-bond acceptors (Lipinski definition) is 0. The SMILES string of the molecule is BC(C)C(C)C(C)C(C)C(C)(C=C)CC=C. The predicted molar refractivity (Wildman–Crippen MR) is 78.6 cm³/mol. The summed E-state index contributed by atoms with van der Waals surface area (Å²) in [5, 5.41) is 0. The van der Waals surface area contributed by atoms with Crippen molar-refractivity contribution in [1.29, 1.82) is 0 Å². The minimum Gasteiger partial charge on any atom is -0.103 e. The highest BCUT2D eigenvalue weighted by Gasteiger charge is 2.33. The van der Waals surface area contributed by atoms with Crippen LogP contribution in [-0.2, 0) is 0 Å². The van der Waals surface area contributed by atoms with Gasteiger partial charge in [0.1, 0.15) is 7.85 Å². The van der Waals surface area contributed by atoms with Gasteiger partial charge in [0, 0.05) is 0 Å². The van der Waals surface area contributed by atoms with E-state index in [1.807, 2.05) is 6.08 Å². The molecule has 0 aliphatic heterocycles. The topological polar surface area (TPSA) is 0 Å². The number of rotatable bonds is 7. The van der Waals surface area contributed by atoms with Crippen molar-refractivity contribution in [3.8, 4) is 0 Å². The first-order valence-electron chi connectivity index (χ1n) is 6.54. The molecule has 1 heteroatoms. The van der Waals surface area contributed by atoms with Crippen molar-refractivity contribution in [1.82, 2.24) is 0 Å². The lowest BCUT2D eigenvalue weighted by Crippen LogP contribution is -2.31. The number of allylic oxidation sites excluding steroid dienone is 2. The lowest BCUT2D eigenvalue weighted by atomic mass is 9.63. The third-order valence-corrected chi connectivity index (χ3v) is 4.76. The fraction of sp³-hybridized carbons (Fsp3) is 0.733. The van der Waals surface area contributed by atoms with E-state index < -0.39 is 0 Å². The fourth-order valence-electron chi connectivity index (χ4n) is 2.43. The van der Waals surface area contributed by atoms with Gasteiger partial charge in [-0.3, -0.25) is 0 Å². The van der Waals surface area contributed by atoms with Crippen molar-refractivity contribution in [2.45, 2.75) is 46.9 Å². The van der Waals surface area contributed by atoms with Crippen LogP contribution in [0.5, 0.6) is 0 Å². The summed E-state index contributed by atoms with van der Waals surface area (Å²) >= 11 is 0. The summed E-state index contributed by atoms with van der Waals surface area (Å²) in [5.74, 6) is 2.85. The second-order valence-corrected chi connectivity index (χ2v) is 5.95. The summed E-state index contributed by atoms with van der Waals surface area (Å²) in [4.78, 5) is 0. The summed E-state index contributed by atoms with van der Waals surface area (Å²) in [6.07, 6.45) is 5.15. The minimum absolute atomic E-state index is 0.185. The summed E-state index contributed by atoms with van der Waals surface area (Å²) in [5.41, 5.74) is 0.185. The summed E-state index contributed by atoms with van der Waals surface area (Å²) < 4.78 is 0. The molecule has 0 aromatic carbocycles. The van der Waals surface area contributed by atoms with Crippen molar-refractivity contribution in [3.63, 3.8) is 0 Å². The molecule has 0 fully saturated rings. The molecular weight excluding hydrogens is 191 g/mol. The van der Waals surface area contributed by atoms with E-state index in [4.69, 9.17) is 0 Å². The third kappa shape index (κ3) is 3.54. The average Bonchev–Trinajstić information content (AvgIpc) is 2.25. The van der Waals surface area contributed by atoms with E-state index in [1.54, 1.807) is 0 Å². The maximum atomic E-state index is 4.01. The molecule has 0 aliphatic rings. The van der Waals surface area contributed by atoms with Gasteiger partial charge < -0.3 is 0 Å². The highest BCUT2D eigenvalue weighted by Crippen LogP contribution is 2.41. The molecule has 0 rings (SSSR count). The van der Waals surface area contributed by atoms with E-state index >= 15 is 0 Å². The van der Waals surface area contributed by atoms with Gasteiger partial charge in [0.05, 0.1) is 0 Å². The molecule has 5 atom stereocenters. The molecule has 0 aliphatic carbocycles. The molecule has 0 radical (unpaired) electrons. The summed E-state index contributed by atoms with van der Waals surface area (Å²) in [6.45, 7) is 19.6. The van der Waals surface area contributed by atoms with Crippen LogP contribution in [0.25, 0.3) is 0 Å². The molecule has 0 aromatic heterocycles. The van der Waals surface area contributed by atoms with Crippen LogP contribution >= 0.6 is 0 Å². The molecule has 5 unspecified atom stereocenters. The van der Waals surface area contributed by atoms with Crippen LogP contribution in [-0.4, -0.2) is 7.85 Å². The first-order valence-corrected chi connectivity index (χ1v) is 6.54. The van der Waals surface area contributed by atoms with Gasteiger partial charge in [0.15, 0.2) is 0 Å². The Labute approximate surface area is 104 Å². The molecule has 0 N–H and O–H groups in total. The summed E-state index contributed by atoms with van der Waals surface area (Å²) in [6, 6.07) is 0. The molecule has 0 aromatic rings. The second kappa shape index (κ2) is 6.32. The van der Waals surface area contributed by atoms with Crippen LogP contribution < -0.4 is 0 Å². The van der Waals surface area contributed by atoms with Gasteiger partial charge in [-0.2, -0.15) is 0 Å². The quantitative estimate of drug-likeness (QED) is 0.447. The molecule has 0 spiro atoms. The van der Waals surface area contributed by atoms with Gasteiger partial charge in [0.2, 0.25) is 0 Å². The predicted octanol–water partition coefficient (Wildman–Crippen LogP) is 4.10. The van der Waals surface area contributed by atoms with Crippen LogP contribution in [0.2, 0.25) is 5.82 Å². The Morgan fingerprint density at radius 3 is 1.94 bits per heavy atom. The normalized spacial score (nSPS) is 22.6. The van der Waals surface area contributed by atoms with Gasteiger partial charge in [-0.15, -0.1) is 13.2 Å². The lowest BCUT2D eigenvalue weighted by Gasteiger charge is -2.39. The maximum absolute atomic E-state index is 4.01. The maximum Gasteiger partial charge on any atom is 0.105 e. The Kier molecular flexibility index (Phi) is 6.14. The molecular formula is C15H29B. The van der Waals surface area contributed by atoms with Crippen molar-refractivity contribution in [3.05, 3.63) is 25.3 Å². The highest BCUT2D eigenvalue weighted by atomic mass is 14.4. The van der Waals surface area contributed by atoms with Crippen LogP contribution in [0, 0.1) is 23.2 Å². The fourth-order valence-corrected chi connectivity index (χ4v) is 2.43.